The van der Waals surface area contributed by atoms with Crippen LogP contribution in [0.1, 0.15) is 47.8 Å². The van der Waals surface area contributed by atoms with Crippen LogP contribution in [0.4, 0.5) is 0 Å². The van der Waals surface area contributed by atoms with Crippen LogP contribution < -0.4 is 10.1 Å². The molecule has 5 N–H and O–H groups in total. The lowest BCUT2D eigenvalue weighted by Gasteiger charge is -2.29. The number of fused-ring (bicyclic) bond motifs is 1. The summed E-state index contributed by atoms with van der Waals surface area (Å²) in [5, 5.41) is 40.3. The van der Waals surface area contributed by atoms with Crippen LogP contribution in [0.5, 0.6) is 5.75 Å². The van der Waals surface area contributed by atoms with Gasteiger partial charge in [0.25, 0.3) is 0 Å². The number of nitrogens with zero attached hydrogens (tertiary/aromatic N) is 1. The lowest BCUT2D eigenvalue weighted by Crippen LogP contribution is -2.44. The van der Waals surface area contributed by atoms with Crippen molar-refractivity contribution in [1.82, 2.24) is 10.7 Å². The first-order valence-corrected chi connectivity index (χ1v) is 11.5. The summed E-state index contributed by atoms with van der Waals surface area (Å²) in [6.07, 6.45) is -1.61. The second-order valence-electron chi connectivity index (χ2n) is 9.63. The van der Waals surface area contributed by atoms with Crippen LogP contribution in [0.3, 0.4) is 0 Å². The molecule has 0 spiro atoms. The van der Waals surface area contributed by atoms with E-state index in [1.54, 1.807) is 30.3 Å². The predicted octanol–water partition coefficient (Wildman–Crippen LogP) is 2.01. The molecule has 0 heterocycles. The molecule has 0 saturated carbocycles. The highest BCUT2D eigenvalue weighted by Gasteiger charge is 2.28. The SMILES string of the molecule is CC(C)(C)NCC(COc1cccc2c1C[C@@H](O)[C@@H](O)C2)OC(=O)c1ccc(CON(O)O)cc1. The Balaban J connectivity index is 1.67. The number of aliphatic hydroxyl groups is 2. The molecule has 2 aromatic rings. The lowest BCUT2D eigenvalue weighted by molar-refractivity contribution is -0.497. The first kappa shape index (κ1) is 27.0. The van der Waals surface area contributed by atoms with Gasteiger partial charge in [0.15, 0.2) is 0 Å². The molecule has 3 atom stereocenters. The molecule has 0 aliphatic heterocycles. The summed E-state index contributed by atoms with van der Waals surface area (Å²) in [5.74, 6) is 0.0674. The standard InChI is InChI=1S/C25H34N2O8/c1-25(2,3)26-13-19(35-24(30)17-9-7-16(8-10-17)14-34-27(31)32)15-33-23-6-4-5-18-11-21(28)22(29)12-20(18)23/h4-10,19,21-22,26,28-29,31-32H,11-15H2,1-3H3/t19?,21-,22+/m0/s1. The van der Waals surface area contributed by atoms with Gasteiger partial charge in [-0.1, -0.05) is 24.3 Å². The average molecular weight is 491 g/mol. The monoisotopic (exact) mass is 490 g/mol. The molecule has 2 aromatic carbocycles. The minimum Gasteiger partial charge on any atom is -0.489 e. The molecular weight excluding hydrogens is 456 g/mol. The minimum absolute atomic E-state index is 0.0819. The van der Waals surface area contributed by atoms with E-state index in [1.807, 2.05) is 32.9 Å². The van der Waals surface area contributed by atoms with E-state index in [2.05, 4.69) is 10.2 Å². The van der Waals surface area contributed by atoms with Crippen molar-refractivity contribution >= 4 is 5.97 Å². The van der Waals surface area contributed by atoms with Gasteiger partial charge in [0, 0.05) is 30.5 Å². The Kier molecular flexibility index (Phi) is 9.20. The Hall–Kier alpha value is -2.57. The zero-order valence-corrected chi connectivity index (χ0v) is 20.2. The van der Waals surface area contributed by atoms with Crippen molar-refractivity contribution in [2.75, 3.05) is 13.2 Å². The van der Waals surface area contributed by atoms with Crippen molar-refractivity contribution in [1.29, 1.82) is 0 Å². The Morgan fingerprint density at radius 1 is 1.09 bits per heavy atom. The van der Waals surface area contributed by atoms with Crippen LogP contribution >= 0.6 is 0 Å². The molecule has 3 rings (SSSR count). The second kappa shape index (κ2) is 11.9. The van der Waals surface area contributed by atoms with Crippen molar-refractivity contribution in [3.05, 3.63) is 64.7 Å². The van der Waals surface area contributed by atoms with Crippen molar-refractivity contribution in [3.8, 4) is 5.75 Å². The van der Waals surface area contributed by atoms with Crippen LogP contribution in [0.15, 0.2) is 42.5 Å². The van der Waals surface area contributed by atoms with E-state index in [0.29, 0.717) is 29.8 Å². The third-order valence-electron chi connectivity index (χ3n) is 5.61. The van der Waals surface area contributed by atoms with Crippen LogP contribution in [0.25, 0.3) is 0 Å². The van der Waals surface area contributed by atoms with Crippen LogP contribution in [0.2, 0.25) is 0 Å². The first-order valence-electron chi connectivity index (χ1n) is 11.5. The minimum atomic E-state index is -0.852. The molecule has 1 aliphatic carbocycles. The van der Waals surface area contributed by atoms with Crippen molar-refractivity contribution in [2.24, 2.45) is 0 Å². The summed E-state index contributed by atoms with van der Waals surface area (Å²) >= 11 is 0. The molecule has 192 valence electrons. The molecule has 1 aliphatic rings. The highest BCUT2D eigenvalue weighted by atomic mass is 17.1. The van der Waals surface area contributed by atoms with E-state index in [0.717, 1.165) is 11.1 Å². The van der Waals surface area contributed by atoms with Gasteiger partial charge < -0.3 is 25.0 Å². The van der Waals surface area contributed by atoms with E-state index >= 15 is 0 Å². The fourth-order valence-electron chi connectivity index (χ4n) is 3.70. The zero-order chi connectivity index (χ0) is 25.6. The van der Waals surface area contributed by atoms with Crippen LogP contribution in [-0.4, -0.2) is 69.0 Å². The third-order valence-corrected chi connectivity index (χ3v) is 5.61. The smallest absolute Gasteiger partial charge is 0.338 e. The van der Waals surface area contributed by atoms with Gasteiger partial charge in [-0.25, -0.2) is 9.63 Å². The van der Waals surface area contributed by atoms with Gasteiger partial charge in [0.05, 0.1) is 29.8 Å². The van der Waals surface area contributed by atoms with Gasteiger partial charge >= 0.3 is 5.97 Å². The summed E-state index contributed by atoms with van der Waals surface area (Å²) in [7, 11) is 0. The topological polar surface area (TPSA) is 141 Å². The summed E-state index contributed by atoms with van der Waals surface area (Å²) < 4.78 is 11.8. The number of nitrogens with one attached hydrogen (secondary N) is 1. The Labute approximate surface area is 204 Å². The summed E-state index contributed by atoms with van der Waals surface area (Å²) in [6, 6.07) is 11.9. The fourth-order valence-corrected chi connectivity index (χ4v) is 3.70. The average Bonchev–Trinajstić information content (AvgIpc) is 2.80. The number of hydrogen-bond donors (Lipinski definition) is 5. The van der Waals surface area contributed by atoms with E-state index in [4.69, 9.17) is 19.9 Å². The van der Waals surface area contributed by atoms with Crippen LogP contribution in [-0.2, 0) is 29.0 Å². The Bertz CT molecular complexity index is 974. The van der Waals surface area contributed by atoms with E-state index in [9.17, 15) is 15.0 Å². The molecule has 0 saturated heterocycles. The van der Waals surface area contributed by atoms with E-state index < -0.39 is 24.3 Å². The maximum atomic E-state index is 12.8. The van der Waals surface area contributed by atoms with Gasteiger partial charge in [-0.3, -0.25) is 10.4 Å². The number of aliphatic hydroxyl groups excluding tert-OH is 2. The highest BCUT2D eigenvalue weighted by molar-refractivity contribution is 5.89. The number of esters is 1. The number of hydrogen-bond acceptors (Lipinski definition) is 10. The highest BCUT2D eigenvalue weighted by Crippen LogP contribution is 2.30. The van der Waals surface area contributed by atoms with Gasteiger partial charge in [-0.15, -0.1) is 0 Å². The number of carbonyl (C=O) groups is 1. The molecule has 35 heavy (non-hydrogen) atoms. The lowest BCUT2D eigenvalue weighted by atomic mass is 9.87. The largest absolute Gasteiger partial charge is 0.489 e. The number of ether oxygens (including phenoxy) is 2. The number of carbonyl (C=O) groups excluding carboxylic acids is 1. The summed E-state index contributed by atoms with van der Waals surface area (Å²) in [4.78, 5) is 17.4. The number of rotatable bonds is 10. The van der Waals surface area contributed by atoms with Crippen molar-refractivity contribution < 1.29 is 39.7 Å². The van der Waals surface area contributed by atoms with Gasteiger partial charge in [0.1, 0.15) is 18.5 Å². The molecule has 0 aromatic heterocycles. The summed E-state index contributed by atoms with van der Waals surface area (Å²) in [6.45, 7) is 6.40. The predicted molar refractivity (Wildman–Crippen MR) is 125 cm³/mol. The van der Waals surface area contributed by atoms with Gasteiger partial charge in [-0.05, 0) is 50.1 Å². The third kappa shape index (κ3) is 8.25. The molecule has 0 bridgehead atoms. The van der Waals surface area contributed by atoms with Crippen molar-refractivity contribution in [2.45, 2.75) is 64.1 Å². The van der Waals surface area contributed by atoms with Crippen LogP contribution in [0, 0.1) is 0 Å². The van der Waals surface area contributed by atoms with E-state index in [1.165, 1.54) is 0 Å². The Morgan fingerprint density at radius 2 is 1.77 bits per heavy atom. The normalized spacial score (nSPS) is 18.7. The molecule has 10 nitrogen and oxygen atoms in total. The maximum Gasteiger partial charge on any atom is 0.338 e. The molecule has 0 fully saturated rings. The zero-order valence-electron chi connectivity index (χ0n) is 20.2. The molecular formula is C25H34N2O8. The quantitative estimate of drug-likeness (QED) is 0.248. The molecule has 0 amide bonds. The second-order valence-corrected chi connectivity index (χ2v) is 9.63. The maximum absolute atomic E-state index is 12.8. The Morgan fingerprint density at radius 3 is 2.43 bits per heavy atom. The van der Waals surface area contributed by atoms with Crippen molar-refractivity contribution in [3.63, 3.8) is 0 Å². The fraction of sp³-hybridized carbons (Fsp3) is 0.480. The molecule has 1 unspecified atom stereocenters. The molecule has 0 radical (unpaired) electrons. The van der Waals surface area contributed by atoms with E-state index in [-0.39, 0.29) is 30.6 Å². The first-order chi connectivity index (χ1) is 16.5. The van der Waals surface area contributed by atoms with Gasteiger partial charge in [0.2, 0.25) is 0 Å². The molecule has 10 heteroatoms. The summed E-state index contributed by atoms with van der Waals surface area (Å²) in [5.41, 5.74) is 2.53. The number of benzene rings is 2. The van der Waals surface area contributed by atoms with Gasteiger partial charge in [-0.2, -0.15) is 0 Å².